The molecule has 0 aromatic heterocycles. The van der Waals surface area contributed by atoms with Gasteiger partial charge in [-0.2, -0.15) is 0 Å². The average Bonchev–Trinajstić information content (AvgIpc) is 2.55. The van der Waals surface area contributed by atoms with Crippen molar-refractivity contribution < 1.29 is 13.9 Å². The van der Waals surface area contributed by atoms with Crippen LogP contribution in [0.4, 0.5) is 15.8 Å². The standard InChI is InChI=1S/C18H19FN2O2/c1-21-10-11-23-17-8-7-14(12-16(17)21)20-18(22)9-6-13-4-2-3-5-15(13)19/h2-5,7-8,12H,6,9-11H2,1H3,(H,20,22). The van der Waals surface area contributed by atoms with Gasteiger partial charge in [0.2, 0.25) is 5.91 Å². The highest BCUT2D eigenvalue weighted by molar-refractivity contribution is 5.91. The first kappa shape index (κ1) is 15.3. The Hall–Kier alpha value is -2.56. The minimum absolute atomic E-state index is 0.132. The lowest BCUT2D eigenvalue weighted by atomic mass is 10.1. The maximum atomic E-state index is 13.5. The number of nitrogens with zero attached hydrogens (tertiary/aromatic N) is 1. The van der Waals surface area contributed by atoms with Crippen molar-refractivity contribution in [2.75, 3.05) is 30.4 Å². The van der Waals surface area contributed by atoms with Crippen LogP contribution >= 0.6 is 0 Å². The number of benzene rings is 2. The fourth-order valence-corrected chi connectivity index (χ4v) is 2.60. The van der Waals surface area contributed by atoms with Crippen LogP contribution in [-0.2, 0) is 11.2 Å². The summed E-state index contributed by atoms with van der Waals surface area (Å²) in [4.78, 5) is 14.2. The summed E-state index contributed by atoms with van der Waals surface area (Å²) < 4.78 is 19.1. The minimum Gasteiger partial charge on any atom is -0.490 e. The SMILES string of the molecule is CN1CCOc2ccc(NC(=O)CCc3ccccc3F)cc21. The number of fused-ring (bicyclic) bond motifs is 1. The summed E-state index contributed by atoms with van der Waals surface area (Å²) >= 11 is 0. The summed E-state index contributed by atoms with van der Waals surface area (Å²) in [6.07, 6.45) is 0.622. The highest BCUT2D eigenvalue weighted by Crippen LogP contribution is 2.33. The zero-order valence-corrected chi connectivity index (χ0v) is 13.0. The quantitative estimate of drug-likeness (QED) is 0.942. The predicted molar refractivity (Wildman–Crippen MR) is 88.6 cm³/mol. The molecule has 1 amide bonds. The van der Waals surface area contributed by atoms with Gasteiger partial charge in [-0.25, -0.2) is 4.39 Å². The van der Waals surface area contributed by atoms with E-state index in [9.17, 15) is 9.18 Å². The van der Waals surface area contributed by atoms with E-state index in [2.05, 4.69) is 10.2 Å². The smallest absolute Gasteiger partial charge is 0.224 e. The van der Waals surface area contributed by atoms with Crippen LogP contribution in [0.5, 0.6) is 5.75 Å². The van der Waals surface area contributed by atoms with Gasteiger partial charge in [-0.1, -0.05) is 18.2 Å². The lowest BCUT2D eigenvalue weighted by Gasteiger charge is -2.28. The number of hydrogen-bond acceptors (Lipinski definition) is 3. The predicted octanol–water partition coefficient (Wildman–Crippen LogP) is 3.23. The van der Waals surface area contributed by atoms with Crippen molar-refractivity contribution in [1.82, 2.24) is 0 Å². The van der Waals surface area contributed by atoms with Gasteiger partial charge < -0.3 is 15.0 Å². The summed E-state index contributed by atoms with van der Waals surface area (Å²) in [5.41, 5.74) is 2.24. The summed E-state index contributed by atoms with van der Waals surface area (Å²) in [6.45, 7) is 1.48. The molecule has 0 atom stereocenters. The second-order valence-electron chi connectivity index (χ2n) is 5.59. The summed E-state index contributed by atoms with van der Waals surface area (Å²) in [6, 6.07) is 12.1. The normalized spacial score (nSPS) is 13.2. The third-order valence-corrected chi connectivity index (χ3v) is 3.92. The zero-order valence-electron chi connectivity index (χ0n) is 13.0. The van der Waals surface area contributed by atoms with Gasteiger partial charge in [-0.05, 0) is 36.2 Å². The molecule has 0 fully saturated rings. The Kier molecular flexibility index (Phi) is 4.46. The Labute approximate surface area is 134 Å². The van der Waals surface area contributed by atoms with Crippen molar-refractivity contribution in [1.29, 1.82) is 0 Å². The second-order valence-corrected chi connectivity index (χ2v) is 5.59. The van der Waals surface area contributed by atoms with E-state index < -0.39 is 0 Å². The first-order chi connectivity index (χ1) is 11.1. The third-order valence-electron chi connectivity index (χ3n) is 3.92. The molecule has 0 radical (unpaired) electrons. The van der Waals surface area contributed by atoms with Crippen LogP contribution in [0.3, 0.4) is 0 Å². The molecule has 0 saturated carbocycles. The van der Waals surface area contributed by atoms with E-state index in [1.54, 1.807) is 18.2 Å². The number of rotatable bonds is 4. The molecule has 2 aromatic rings. The van der Waals surface area contributed by atoms with Gasteiger partial charge in [0, 0.05) is 19.2 Å². The van der Waals surface area contributed by atoms with Gasteiger partial charge >= 0.3 is 0 Å². The van der Waals surface area contributed by atoms with Crippen molar-refractivity contribution in [3.05, 3.63) is 53.8 Å². The van der Waals surface area contributed by atoms with Crippen molar-refractivity contribution in [2.24, 2.45) is 0 Å². The molecular weight excluding hydrogens is 295 g/mol. The average molecular weight is 314 g/mol. The molecule has 1 aliphatic heterocycles. The highest BCUT2D eigenvalue weighted by atomic mass is 19.1. The molecule has 0 aliphatic carbocycles. The number of carbonyl (C=O) groups is 1. The summed E-state index contributed by atoms with van der Waals surface area (Å²) in [5, 5.41) is 2.86. The molecule has 4 nitrogen and oxygen atoms in total. The van der Waals surface area contributed by atoms with Crippen LogP contribution in [0.1, 0.15) is 12.0 Å². The summed E-state index contributed by atoms with van der Waals surface area (Å²) in [5.74, 6) is 0.420. The number of aryl methyl sites for hydroxylation is 1. The zero-order chi connectivity index (χ0) is 16.2. The van der Waals surface area contributed by atoms with Crippen LogP contribution < -0.4 is 15.0 Å². The lowest BCUT2D eigenvalue weighted by Crippen LogP contribution is -2.28. The van der Waals surface area contributed by atoms with Gasteiger partial charge in [-0.3, -0.25) is 4.79 Å². The van der Waals surface area contributed by atoms with E-state index in [4.69, 9.17) is 4.74 Å². The number of nitrogens with one attached hydrogen (secondary N) is 1. The molecule has 120 valence electrons. The Bertz CT molecular complexity index is 718. The van der Waals surface area contributed by atoms with E-state index in [-0.39, 0.29) is 18.1 Å². The molecule has 0 saturated heterocycles. The number of likely N-dealkylation sites (N-methyl/N-ethyl adjacent to an activating group) is 1. The first-order valence-corrected chi connectivity index (χ1v) is 7.65. The fourth-order valence-electron chi connectivity index (χ4n) is 2.60. The Morgan fingerprint density at radius 1 is 1.30 bits per heavy atom. The van der Waals surface area contributed by atoms with Crippen molar-refractivity contribution in [3.8, 4) is 5.75 Å². The first-order valence-electron chi connectivity index (χ1n) is 7.65. The van der Waals surface area contributed by atoms with Crippen molar-refractivity contribution in [3.63, 3.8) is 0 Å². The van der Waals surface area contributed by atoms with Crippen molar-refractivity contribution >= 4 is 17.3 Å². The highest BCUT2D eigenvalue weighted by Gasteiger charge is 2.15. The monoisotopic (exact) mass is 314 g/mol. The van der Waals surface area contributed by atoms with Gasteiger partial charge in [0.15, 0.2) is 0 Å². The molecule has 1 aliphatic rings. The van der Waals surface area contributed by atoms with E-state index in [1.807, 2.05) is 25.2 Å². The maximum absolute atomic E-state index is 13.5. The molecule has 1 N–H and O–H groups in total. The molecule has 0 unspecified atom stereocenters. The molecule has 0 bridgehead atoms. The van der Waals surface area contributed by atoms with E-state index >= 15 is 0 Å². The molecule has 5 heteroatoms. The fraction of sp³-hybridized carbons (Fsp3) is 0.278. The number of ether oxygens (including phenoxy) is 1. The van der Waals surface area contributed by atoms with Crippen LogP contribution in [0.15, 0.2) is 42.5 Å². The molecule has 2 aromatic carbocycles. The molecule has 3 rings (SSSR count). The van der Waals surface area contributed by atoms with E-state index in [1.165, 1.54) is 6.07 Å². The molecule has 1 heterocycles. The Morgan fingerprint density at radius 2 is 2.13 bits per heavy atom. The Morgan fingerprint density at radius 3 is 2.96 bits per heavy atom. The van der Waals surface area contributed by atoms with Crippen molar-refractivity contribution in [2.45, 2.75) is 12.8 Å². The number of hydrogen-bond donors (Lipinski definition) is 1. The topological polar surface area (TPSA) is 41.6 Å². The van der Waals surface area contributed by atoms with Crippen LogP contribution in [-0.4, -0.2) is 26.1 Å². The number of amides is 1. The van der Waals surface area contributed by atoms with E-state index in [0.717, 1.165) is 23.7 Å². The number of anilines is 2. The lowest BCUT2D eigenvalue weighted by molar-refractivity contribution is -0.116. The maximum Gasteiger partial charge on any atom is 0.224 e. The minimum atomic E-state index is -0.271. The van der Waals surface area contributed by atoms with Gasteiger partial charge in [-0.15, -0.1) is 0 Å². The van der Waals surface area contributed by atoms with Gasteiger partial charge in [0.25, 0.3) is 0 Å². The Balaban J connectivity index is 1.62. The van der Waals surface area contributed by atoms with Crippen LogP contribution in [0.2, 0.25) is 0 Å². The molecule has 23 heavy (non-hydrogen) atoms. The van der Waals surface area contributed by atoms with Crippen LogP contribution in [0, 0.1) is 5.82 Å². The largest absolute Gasteiger partial charge is 0.490 e. The van der Waals surface area contributed by atoms with E-state index in [0.29, 0.717) is 18.6 Å². The van der Waals surface area contributed by atoms with Crippen LogP contribution in [0.25, 0.3) is 0 Å². The molecular formula is C18H19FN2O2. The molecule has 0 spiro atoms. The number of halogens is 1. The summed E-state index contributed by atoms with van der Waals surface area (Å²) in [7, 11) is 1.99. The third kappa shape index (κ3) is 3.62. The second kappa shape index (κ2) is 6.69. The van der Waals surface area contributed by atoms with Gasteiger partial charge in [0.1, 0.15) is 18.2 Å². The van der Waals surface area contributed by atoms with Gasteiger partial charge in [0.05, 0.1) is 12.2 Å². The number of carbonyl (C=O) groups excluding carboxylic acids is 1.